The first kappa shape index (κ1) is 15.8. The molecule has 0 aliphatic rings. The molecule has 0 bridgehead atoms. The van der Waals surface area contributed by atoms with E-state index >= 15 is 0 Å². The van der Waals surface area contributed by atoms with E-state index in [-0.39, 0.29) is 0 Å². The van der Waals surface area contributed by atoms with Gasteiger partial charge in [0.05, 0.1) is 24.5 Å². The smallest absolute Gasteiger partial charge is 0.249 e. The topological polar surface area (TPSA) is 84.9 Å². The summed E-state index contributed by atoms with van der Waals surface area (Å²) in [7, 11) is 1.62. The first-order chi connectivity index (χ1) is 12.8. The number of benzene rings is 2. The van der Waals surface area contributed by atoms with Gasteiger partial charge in [-0.05, 0) is 24.3 Å². The zero-order valence-corrected chi connectivity index (χ0v) is 14.0. The molecule has 7 nitrogen and oxygen atoms in total. The molecule has 0 aliphatic heterocycles. The van der Waals surface area contributed by atoms with Crippen LogP contribution in [-0.4, -0.2) is 27.3 Å². The van der Waals surface area contributed by atoms with Gasteiger partial charge in [0.1, 0.15) is 5.75 Å². The number of nitrogens with one attached hydrogen (secondary N) is 2. The second kappa shape index (κ2) is 7.02. The predicted molar refractivity (Wildman–Crippen MR) is 101 cm³/mol. The fourth-order valence-electron chi connectivity index (χ4n) is 2.59. The SMILES string of the molecule is COc1cccc(Nc2nncc(Nc3cccc4cccnc34)n2)c1. The van der Waals surface area contributed by atoms with Crippen LogP contribution in [0.1, 0.15) is 0 Å². The Kier molecular flexibility index (Phi) is 4.26. The molecule has 2 N–H and O–H groups in total. The minimum absolute atomic E-state index is 0.386. The molecule has 0 atom stereocenters. The molecule has 2 heterocycles. The van der Waals surface area contributed by atoms with Crippen molar-refractivity contribution in [1.29, 1.82) is 0 Å². The largest absolute Gasteiger partial charge is 0.497 e. The monoisotopic (exact) mass is 344 g/mol. The number of ether oxygens (including phenoxy) is 1. The lowest BCUT2D eigenvalue weighted by atomic mass is 10.2. The maximum absolute atomic E-state index is 5.22. The van der Waals surface area contributed by atoms with Gasteiger partial charge in [0.15, 0.2) is 5.82 Å². The summed E-state index contributed by atoms with van der Waals surface area (Å²) >= 11 is 0. The highest BCUT2D eigenvalue weighted by atomic mass is 16.5. The second-order valence-corrected chi connectivity index (χ2v) is 5.53. The zero-order valence-electron chi connectivity index (χ0n) is 14.0. The fraction of sp³-hybridized carbons (Fsp3) is 0.0526. The molecule has 128 valence electrons. The molecule has 0 radical (unpaired) electrons. The Morgan fingerprint density at radius 1 is 0.962 bits per heavy atom. The van der Waals surface area contributed by atoms with Gasteiger partial charge in [-0.15, -0.1) is 5.10 Å². The Bertz CT molecular complexity index is 1050. The predicted octanol–water partition coefficient (Wildman–Crippen LogP) is 3.92. The Morgan fingerprint density at radius 2 is 1.85 bits per heavy atom. The van der Waals surface area contributed by atoms with Crippen molar-refractivity contribution < 1.29 is 4.74 Å². The number of fused-ring (bicyclic) bond motifs is 1. The number of rotatable bonds is 5. The number of para-hydroxylation sites is 1. The highest BCUT2D eigenvalue weighted by Gasteiger charge is 2.06. The Morgan fingerprint density at radius 3 is 2.77 bits per heavy atom. The van der Waals surface area contributed by atoms with Crippen molar-refractivity contribution in [3.8, 4) is 5.75 Å². The molecular formula is C19H16N6O. The van der Waals surface area contributed by atoms with Crippen molar-refractivity contribution in [2.24, 2.45) is 0 Å². The Hall–Kier alpha value is -3.74. The van der Waals surface area contributed by atoms with Crippen LogP contribution in [0.3, 0.4) is 0 Å². The van der Waals surface area contributed by atoms with Crippen LogP contribution >= 0.6 is 0 Å². The molecule has 4 rings (SSSR count). The molecule has 2 aromatic carbocycles. The molecule has 2 aromatic heterocycles. The van der Waals surface area contributed by atoms with E-state index in [1.807, 2.05) is 54.6 Å². The van der Waals surface area contributed by atoms with Crippen molar-refractivity contribution in [2.75, 3.05) is 17.7 Å². The van der Waals surface area contributed by atoms with Crippen molar-refractivity contribution in [1.82, 2.24) is 20.2 Å². The molecule has 0 aliphatic carbocycles. The molecule has 0 unspecified atom stereocenters. The van der Waals surface area contributed by atoms with Crippen LogP contribution in [0.25, 0.3) is 10.9 Å². The summed E-state index contributed by atoms with van der Waals surface area (Å²) in [6.45, 7) is 0. The van der Waals surface area contributed by atoms with Crippen LogP contribution < -0.4 is 15.4 Å². The number of hydrogen-bond acceptors (Lipinski definition) is 7. The molecule has 0 saturated carbocycles. The van der Waals surface area contributed by atoms with E-state index in [9.17, 15) is 0 Å². The number of aromatic nitrogens is 4. The van der Waals surface area contributed by atoms with Crippen LogP contribution in [0.2, 0.25) is 0 Å². The van der Waals surface area contributed by atoms with Gasteiger partial charge in [-0.1, -0.05) is 24.3 Å². The Balaban J connectivity index is 1.59. The van der Waals surface area contributed by atoms with Gasteiger partial charge in [0.2, 0.25) is 5.95 Å². The molecule has 0 spiro atoms. The first-order valence-corrected chi connectivity index (χ1v) is 8.03. The summed E-state index contributed by atoms with van der Waals surface area (Å²) < 4.78 is 5.22. The number of nitrogens with zero attached hydrogens (tertiary/aromatic N) is 4. The third-order valence-electron chi connectivity index (χ3n) is 3.78. The average Bonchev–Trinajstić information content (AvgIpc) is 2.69. The first-order valence-electron chi connectivity index (χ1n) is 8.03. The van der Waals surface area contributed by atoms with E-state index in [0.717, 1.165) is 28.0 Å². The standard InChI is InChI=1S/C19H16N6O/c1-26-15-8-3-7-14(11-15)22-19-24-17(12-21-25-19)23-16-9-2-5-13-6-4-10-20-18(13)16/h2-12H,1H3,(H2,22,23,24,25). The fourth-order valence-corrected chi connectivity index (χ4v) is 2.59. The van der Waals surface area contributed by atoms with Gasteiger partial charge in [0, 0.05) is 23.3 Å². The van der Waals surface area contributed by atoms with Crippen LogP contribution in [-0.2, 0) is 0 Å². The molecule has 0 saturated heterocycles. The maximum Gasteiger partial charge on any atom is 0.249 e. The van der Waals surface area contributed by atoms with Gasteiger partial charge < -0.3 is 15.4 Å². The second-order valence-electron chi connectivity index (χ2n) is 5.53. The highest BCUT2D eigenvalue weighted by molar-refractivity contribution is 5.91. The summed E-state index contributed by atoms with van der Waals surface area (Å²) in [5, 5.41) is 15.5. The molecule has 0 fully saturated rings. The lowest BCUT2D eigenvalue weighted by Gasteiger charge is -2.10. The summed E-state index contributed by atoms with van der Waals surface area (Å²) in [5.41, 5.74) is 2.54. The van der Waals surface area contributed by atoms with Gasteiger partial charge in [0.25, 0.3) is 0 Å². The summed E-state index contributed by atoms with van der Waals surface area (Å²) in [6.07, 6.45) is 3.33. The van der Waals surface area contributed by atoms with E-state index in [2.05, 4.69) is 30.8 Å². The van der Waals surface area contributed by atoms with Crippen LogP contribution in [0.4, 0.5) is 23.1 Å². The van der Waals surface area contributed by atoms with E-state index in [1.54, 1.807) is 19.5 Å². The van der Waals surface area contributed by atoms with Gasteiger partial charge in [-0.25, -0.2) is 0 Å². The lowest BCUT2D eigenvalue weighted by molar-refractivity contribution is 0.415. The van der Waals surface area contributed by atoms with Crippen LogP contribution in [0.15, 0.2) is 67.0 Å². The number of pyridine rings is 1. The van der Waals surface area contributed by atoms with Crippen LogP contribution in [0, 0.1) is 0 Å². The Labute approximate surface area is 150 Å². The molecule has 4 aromatic rings. The number of hydrogen-bond donors (Lipinski definition) is 2. The zero-order chi connectivity index (χ0) is 17.8. The molecule has 26 heavy (non-hydrogen) atoms. The summed E-state index contributed by atoms with van der Waals surface area (Å²) in [5.74, 6) is 1.71. The minimum Gasteiger partial charge on any atom is -0.497 e. The van der Waals surface area contributed by atoms with Crippen molar-refractivity contribution in [2.45, 2.75) is 0 Å². The average molecular weight is 344 g/mol. The molecular weight excluding hydrogens is 328 g/mol. The van der Waals surface area contributed by atoms with Gasteiger partial charge in [-0.3, -0.25) is 4.98 Å². The van der Waals surface area contributed by atoms with E-state index in [1.165, 1.54) is 0 Å². The lowest BCUT2D eigenvalue weighted by Crippen LogP contribution is -2.03. The third kappa shape index (κ3) is 3.36. The molecule has 7 heteroatoms. The quantitative estimate of drug-likeness (QED) is 0.567. The summed E-state index contributed by atoms with van der Waals surface area (Å²) in [6, 6.07) is 17.4. The van der Waals surface area contributed by atoms with Crippen molar-refractivity contribution >= 4 is 34.0 Å². The van der Waals surface area contributed by atoms with E-state index in [4.69, 9.17) is 4.74 Å². The van der Waals surface area contributed by atoms with E-state index < -0.39 is 0 Å². The van der Waals surface area contributed by atoms with Crippen molar-refractivity contribution in [3.05, 3.63) is 67.0 Å². The third-order valence-corrected chi connectivity index (χ3v) is 3.78. The van der Waals surface area contributed by atoms with Crippen molar-refractivity contribution in [3.63, 3.8) is 0 Å². The summed E-state index contributed by atoms with van der Waals surface area (Å²) in [4.78, 5) is 8.89. The molecule has 0 amide bonds. The normalized spacial score (nSPS) is 10.5. The number of anilines is 4. The number of methoxy groups -OCH3 is 1. The van der Waals surface area contributed by atoms with Crippen LogP contribution in [0.5, 0.6) is 5.75 Å². The highest BCUT2D eigenvalue weighted by Crippen LogP contribution is 2.24. The van der Waals surface area contributed by atoms with Gasteiger partial charge in [-0.2, -0.15) is 10.1 Å². The minimum atomic E-state index is 0.386. The maximum atomic E-state index is 5.22. The van der Waals surface area contributed by atoms with E-state index in [0.29, 0.717) is 11.8 Å². The van der Waals surface area contributed by atoms with Gasteiger partial charge >= 0.3 is 0 Å².